The van der Waals surface area contributed by atoms with Gasteiger partial charge >= 0.3 is 6.18 Å². The van der Waals surface area contributed by atoms with Gasteiger partial charge in [0.25, 0.3) is 5.89 Å². The summed E-state index contributed by atoms with van der Waals surface area (Å²) >= 11 is 0. The van der Waals surface area contributed by atoms with Crippen LogP contribution in [0.25, 0.3) is 5.57 Å². The molecule has 0 bridgehead atoms. The van der Waals surface area contributed by atoms with Crippen molar-refractivity contribution in [2.24, 2.45) is 0 Å². The summed E-state index contributed by atoms with van der Waals surface area (Å²) in [6.07, 6.45) is -2.28. The van der Waals surface area contributed by atoms with Crippen molar-refractivity contribution in [3.05, 3.63) is 36.0 Å². The molecular formula is C14H15F3N6O2. The largest absolute Gasteiger partial charge is 0.417 e. The summed E-state index contributed by atoms with van der Waals surface area (Å²) in [7, 11) is 0. The van der Waals surface area contributed by atoms with E-state index in [0.717, 1.165) is 12.3 Å². The molecule has 1 saturated heterocycles. The average molecular weight is 356 g/mol. The Morgan fingerprint density at radius 1 is 1.32 bits per heavy atom. The number of hydrogen-bond donors (Lipinski definition) is 3. The molecule has 134 valence electrons. The van der Waals surface area contributed by atoms with E-state index >= 15 is 0 Å². The lowest BCUT2D eigenvalue weighted by Gasteiger charge is -2.29. The topological polar surface area (TPSA) is 103 Å². The highest BCUT2D eigenvalue weighted by atomic mass is 19.4. The second-order valence-electron chi connectivity index (χ2n) is 5.19. The number of nitrogens with zero attached hydrogens (tertiary/aromatic N) is 3. The highest BCUT2D eigenvalue weighted by Gasteiger charge is 2.30. The molecule has 2 aromatic rings. The lowest BCUT2D eigenvalue weighted by Crippen LogP contribution is -2.41. The number of anilines is 1. The van der Waals surface area contributed by atoms with Crippen LogP contribution in [0.4, 0.5) is 19.0 Å². The zero-order chi connectivity index (χ0) is 17.9. The van der Waals surface area contributed by atoms with Crippen LogP contribution in [0, 0.1) is 5.41 Å². The minimum Gasteiger partial charge on any atom is -0.378 e. The molecule has 0 spiro atoms. The Bertz CT molecular complexity index is 734. The van der Waals surface area contributed by atoms with Gasteiger partial charge in [-0.2, -0.15) is 13.2 Å². The number of aromatic nitrogens is 3. The zero-order valence-electron chi connectivity index (χ0n) is 12.9. The van der Waals surface area contributed by atoms with Gasteiger partial charge in [0.15, 0.2) is 0 Å². The Morgan fingerprint density at radius 3 is 2.56 bits per heavy atom. The average Bonchev–Trinajstić information content (AvgIpc) is 2.56. The molecule has 0 aliphatic carbocycles. The first-order valence-electron chi connectivity index (χ1n) is 7.36. The fourth-order valence-corrected chi connectivity index (χ4v) is 2.19. The summed E-state index contributed by atoms with van der Waals surface area (Å²) in [5, 5.41) is 17.1. The summed E-state index contributed by atoms with van der Waals surface area (Å²) < 4.78 is 47.9. The Hall–Kier alpha value is -2.82. The SMILES string of the molecule is N=C(/C(=C\Nc1ccc(C(F)(F)F)cn1)c1n[nH]o1)N1CCOCC1. The molecule has 0 atom stereocenters. The number of H-pyrrole nitrogens is 1. The third-order valence-corrected chi connectivity index (χ3v) is 3.56. The number of halogens is 3. The van der Waals surface area contributed by atoms with Crippen LogP contribution in [0.2, 0.25) is 0 Å². The van der Waals surface area contributed by atoms with Crippen LogP contribution in [0.3, 0.4) is 0 Å². The molecule has 2 aromatic heterocycles. The molecule has 0 aromatic carbocycles. The second-order valence-corrected chi connectivity index (χ2v) is 5.19. The molecule has 25 heavy (non-hydrogen) atoms. The van der Waals surface area contributed by atoms with E-state index in [1.54, 1.807) is 4.90 Å². The fourth-order valence-electron chi connectivity index (χ4n) is 2.19. The third kappa shape index (κ3) is 3.99. The molecular weight excluding hydrogens is 341 g/mol. The normalized spacial score (nSPS) is 16.1. The number of aromatic amines is 1. The molecule has 11 heteroatoms. The van der Waals surface area contributed by atoms with Gasteiger partial charge in [-0.1, -0.05) is 0 Å². The van der Waals surface area contributed by atoms with Gasteiger partial charge in [0.05, 0.1) is 24.4 Å². The van der Waals surface area contributed by atoms with E-state index in [1.807, 2.05) is 0 Å². The lowest BCUT2D eigenvalue weighted by molar-refractivity contribution is -0.137. The van der Waals surface area contributed by atoms with Crippen molar-refractivity contribution in [1.82, 2.24) is 20.3 Å². The maximum Gasteiger partial charge on any atom is 0.417 e. The van der Waals surface area contributed by atoms with Gasteiger partial charge in [0, 0.05) is 25.5 Å². The number of ether oxygens (including phenoxy) is 1. The van der Waals surface area contributed by atoms with Crippen LogP contribution in [-0.4, -0.2) is 52.4 Å². The zero-order valence-corrected chi connectivity index (χ0v) is 12.9. The maximum atomic E-state index is 12.5. The van der Waals surface area contributed by atoms with Crippen LogP contribution in [0.15, 0.2) is 29.1 Å². The Labute approximate surface area is 140 Å². The summed E-state index contributed by atoms with van der Waals surface area (Å²) in [5.41, 5.74) is -0.485. The first kappa shape index (κ1) is 17.0. The third-order valence-electron chi connectivity index (χ3n) is 3.56. The summed E-state index contributed by atoms with van der Waals surface area (Å²) in [5.74, 6) is 0.576. The second kappa shape index (κ2) is 6.97. The molecule has 1 aliphatic rings. The molecule has 3 heterocycles. The van der Waals surface area contributed by atoms with Gasteiger partial charge in [-0.3, -0.25) is 5.41 Å². The molecule has 8 nitrogen and oxygen atoms in total. The number of amidine groups is 1. The van der Waals surface area contributed by atoms with Gasteiger partial charge in [0.1, 0.15) is 11.7 Å². The highest BCUT2D eigenvalue weighted by molar-refractivity contribution is 6.20. The highest BCUT2D eigenvalue weighted by Crippen LogP contribution is 2.29. The van der Waals surface area contributed by atoms with Crippen molar-refractivity contribution in [2.45, 2.75) is 6.18 Å². The van der Waals surface area contributed by atoms with Crippen molar-refractivity contribution in [3.63, 3.8) is 0 Å². The van der Waals surface area contributed by atoms with Crippen molar-refractivity contribution >= 4 is 17.2 Å². The fraction of sp³-hybridized carbons (Fsp3) is 0.357. The van der Waals surface area contributed by atoms with Gasteiger partial charge in [-0.15, -0.1) is 10.4 Å². The summed E-state index contributed by atoms with van der Waals surface area (Å²) in [6, 6.07) is 2.13. The minimum atomic E-state index is -4.44. The van der Waals surface area contributed by atoms with Gasteiger partial charge in [-0.25, -0.2) is 4.98 Å². The molecule has 1 fully saturated rings. The van der Waals surface area contributed by atoms with Crippen LogP contribution >= 0.6 is 0 Å². The molecule has 0 unspecified atom stereocenters. The Kier molecular flexibility index (Phi) is 4.74. The van der Waals surface area contributed by atoms with E-state index < -0.39 is 11.7 Å². The van der Waals surface area contributed by atoms with Crippen LogP contribution in [0.1, 0.15) is 11.5 Å². The molecule has 0 radical (unpaired) electrons. The van der Waals surface area contributed by atoms with Crippen molar-refractivity contribution in [1.29, 1.82) is 5.41 Å². The van der Waals surface area contributed by atoms with Gasteiger partial charge in [0.2, 0.25) is 0 Å². The number of morpholine rings is 1. The number of hydrogen-bond acceptors (Lipinski definition) is 6. The summed E-state index contributed by atoms with van der Waals surface area (Å²) in [4.78, 5) is 5.51. The molecule has 0 saturated carbocycles. The van der Waals surface area contributed by atoms with Crippen molar-refractivity contribution < 1.29 is 22.4 Å². The Morgan fingerprint density at radius 2 is 2.04 bits per heavy atom. The maximum absolute atomic E-state index is 12.5. The van der Waals surface area contributed by atoms with E-state index in [4.69, 9.17) is 14.7 Å². The molecule has 0 amide bonds. The molecule has 3 N–H and O–H groups in total. The minimum absolute atomic E-state index is 0.169. The van der Waals surface area contributed by atoms with Crippen LogP contribution in [0.5, 0.6) is 0 Å². The number of rotatable bonds is 4. The molecule has 1 aliphatic heterocycles. The van der Waals surface area contributed by atoms with Gasteiger partial charge < -0.3 is 19.5 Å². The predicted molar refractivity (Wildman–Crippen MR) is 81.8 cm³/mol. The van der Waals surface area contributed by atoms with Gasteiger partial charge in [-0.05, 0) is 12.1 Å². The van der Waals surface area contributed by atoms with Crippen LogP contribution in [-0.2, 0) is 10.9 Å². The van der Waals surface area contributed by atoms with Crippen molar-refractivity contribution in [3.8, 4) is 0 Å². The first-order chi connectivity index (χ1) is 11.9. The van der Waals surface area contributed by atoms with E-state index in [9.17, 15) is 13.2 Å². The predicted octanol–water partition coefficient (Wildman–Crippen LogP) is 2.18. The van der Waals surface area contributed by atoms with Crippen LogP contribution < -0.4 is 5.32 Å². The monoisotopic (exact) mass is 356 g/mol. The Balaban J connectivity index is 1.75. The standard InChI is InChI=1S/C14H15F3N6O2/c15-14(16,17)9-1-2-11(19-7-9)20-8-10(13-21-22-25-13)12(18)23-3-5-24-6-4-23/h1-2,7-8,18,22H,3-6H2,(H,19,20)/b10-8+,18-12?. The lowest BCUT2D eigenvalue weighted by atomic mass is 10.2. The van der Waals surface area contributed by atoms with E-state index in [2.05, 4.69) is 20.7 Å². The number of nitrogens with one attached hydrogen (secondary N) is 3. The van der Waals surface area contributed by atoms with E-state index in [0.29, 0.717) is 31.9 Å². The van der Waals surface area contributed by atoms with E-state index in [1.165, 1.54) is 12.3 Å². The molecule has 3 rings (SSSR count). The number of alkyl halides is 3. The quantitative estimate of drug-likeness (QED) is 0.573. The summed E-state index contributed by atoms with van der Waals surface area (Å²) in [6.45, 7) is 2.12. The van der Waals surface area contributed by atoms with E-state index in [-0.39, 0.29) is 17.5 Å². The number of pyridine rings is 1. The van der Waals surface area contributed by atoms with Crippen molar-refractivity contribution in [2.75, 3.05) is 31.6 Å². The first-order valence-corrected chi connectivity index (χ1v) is 7.36. The smallest absolute Gasteiger partial charge is 0.378 e.